The standard InChI is InChI=1S/C18H16N4O2S/c1-11-20-14(10-25-11)7-13-8-17(23)22-18(21-13)16(9-19-22)12-4-3-5-15(6-12)24-2/h3-6,8-10,19H,7H2,1-2H3. The summed E-state index contributed by atoms with van der Waals surface area (Å²) in [4.78, 5) is 21.6. The molecule has 1 N–H and O–H groups in total. The van der Waals surface area contributed by atoms with Gasteiger partial charge in [-0.25, -0.2) is 14.5 Å². The Morgan fingerprint density at radius 3 is 2.88 bits per heavy atom. The van der Waals surface area contributed by atoms with E-state index in [-0.39, 0.29) is 5.56 Å². The molecule has 0 atom stereocenters. The van der Waals surface area contributed by atoms with E-state index < -0.39 is 0 Å². The minimum Gasteiger partial charge on any atom is -0.497 e. The molecule has 126 valence electrons. The summed E-state index contributed by atoms with van der Waals surface area (Å²) in [5.74, 6) is 0.758. The monoisotopic (exact) mass is 352 g/mol. The van der Waals surface area contributed by atoms with Crippen LogP contribution in [-0.4, -0.2) is 26.7 Å². The number of rotatable bonds is 4. The number of ether oxygens (including phenoxy) is 1. The van der Waals surface area contributed by atoms with Crippen LogP contribution in [0.5, 0.6) is 5.75 Å². The molecular weight excluding hydrogens is 336 g/mol. The van der Waals surface area contributed by atoms with Crippen molar-refractivity contribution in [2.75, 3.05) is 7.11 Å². The van der Waals surface area contributed by atoms with Crippen molar-refractivity contribution in [2.24, 2.45) is 0 Å². The van der Waals surface area contributed by atoms with Gasteiger partial charge in [0.1, 0.15) is 5.75 Å². The Morgan fingerprint density at radius 2 is 2.12 bits per heavy atom. The van der Waals surface area contributed by atoms with Crippen molar-refractivity contribution < 1.29 is 4.74 Å². The topological polar surface area (TPSA) is 72.3 Å². The molecule has 3 aromatic heterocycles. The third-order valence-electron chi connectivity index (χ3n) is 3.96. The second-order valence-electron chi connectivity index (χ2n) is 5.70. The smallest absolute Gasteiger partial charge is 0.272 e. The van der Waals surface area contributed by atoms with Gasteiger partial charge in [0.25, 0.3) is 5.56 Å². The third-order valence-corrected chi connectivity index (χ3v) is 4.78. The molecule has 7 heteroatoms. The van der Waals surface area contributed by atoms with Gasteiger partial charge in [0, 0.05) is 29.6 Å². The van der Waals surface area contributed by atoms with Crippen molar-refractivity contribution in [3.05, 3.63) is 68.7 Å². The lowest BCUT2D eigenvalue weighted by Gasteiger charge is -2.04. The third kappa shape index (κ3) is 2.94. The van der Waals surface area contributed by atoms with Crippen LogP contribution >= 0.6 is 11.3 Å². The highest BCUT2D eigenvalue weighted by atomic mass is 32.1. The molecular formula is C18H16N4O2S. The summed E-state index contributed by atoms with van der Waals surface area (Å²) in [6.07, 6.45) is 2.33. The van der Waals surface area contributed by atoms with Gasteiger partial charge < -0.3 is 4.74 Å². The maximum atomic E-state index is 12.4. The van der Waals surface area contributed by atoms with Crippen molar-refractivity contribution >= 4 is 17.0 Å². The lowest BCUT2D eigenvalue weighted by molar-refractivity contribution is 0.415. The molecule has 0 fully saturated rings. The van der Waals surface area contributed by atoms with Crippen molar-refractivity contribution in [1.29, 1.82) is 0 Å². The zero-order valence-electron chi connectivity index (χ0n) is 13.8. The van der Waals surface area contributed by atoms with Crippen LogP contribution in [0.15, 0.2) is 46.7 Å². The molecule has 0 aliphatic rings. The van der Waals surface area contributed by atoms with Gasteiger partial charge in [-0.2, -0.15) is 0 Å². The van der Waals surface area contributed by atoms with E-state index in [1.54, 1.807) is 30.7 Å². The van der Waals surface area contributed by atoms with Crippen molar-refractivity contribution in [3.8, 4) is 16.9 Å². The number of nitrogens with one attached hydrogen (secondary N) is 1. The van der Waals surface area contributed by atoms with Crippen LogP contribution < -0.4 is 10.3 Å². The van der Waals surface area contributed by atoms with Crippen molar-refractivity contribution in [2.45, 2.75) is 13.3 Å². The molecule has 0 aliphatic carbocycles. The number of benzene rings is 1. The Hall–Kier alpha value is -2.93. The lowest BCUT2D eigenvalue weighted by Crippen LogP contribution is -2.15. The van der Waals surface area contributed by atoms with Crippen molar-refractivity contribution in [3.63, 3.8) is 0 Å². The number of aromatic nitrogens is 4. The largest absolute Gasteiger partial charge is 0.497 e. The van der Waals surface area contributed by atoms with E-state index in [1.807, 2.05) is 36.6 Å². The Morgan fingerprint density at radius 1 is 1.24 bits per heavy atom. The van der Waals surface area contributed by atoms with Crippen LogP contribution in [0.2, 0.25) is 0 Å². The average molecular weight is 352 g/mol. The minimum atomic E-state index is -0.138. The molecule has 0 saturated carbocycles. The fraction of sp³-hybridized carbons (Fsp3) is 0.167. The van der Waals surface area contributed by atoms with Gasteiger partial charge in [0.2, 0.25) is 0 Å². The Bertz CT molecular complexity index is 1110. The first-order chi connectivity index (χ1) is 12.1. The number of aryl methyl sites for hydroxylation is 1. The number of aromatic amines is 1. The van der Waals surface area contributed by atoms with E-state index in [0.29, 0.717) is 17.8 Å². The second kappa shape index (κ2) is 6.18. The second-order valence-corrected chi connectivity index (χ2v) is 6.76. The zero-order chi connectivity index (χ0) is 17.4. The van der Waals surface area contributed by atoms with E-state index in [9.17, 15) is 4.79 Å². The van der Waals surface area contributed by atoms with Crippen LogP contribution in [0.3, 0.4) is 0 Å². The normalized spacial score (nSPS) is 11.1. The number of thiazole rings is 1. The van der Waals surface area contributed by atoms with Crippen LogP contribution in [0.4, 0.5) is 0 Å². The molecule has 4 rings (SSSR count). The maximum absolute atomic E-state index is 12.4. The predicted molar refractivity (Wildman–Crippen MR) is 97.5 cm³/mol. The van der Waals surface area contributed by atoms with Gasteiger partial charge in [0.15, 0.2) is 5.65 Å². The van der Waals surface area contributed by atoms with Gasteiger partial charge in [-0.1, -0.05) is 12.1 Å². The number of methoxy groups -OCH3 is 1. The summed E-state index contributed by atoms with van der Waals surface area (Å²) in [6, 6.07) is 9.24. The summed E-state index contributed by atoms with van der Waals surface area (Å²) in [6.45, 7) is 1.97. The molecule has 0 saturated heterocycles. The molecule has 3 heterocycles. The SMILES string of the molecule is COc1cccc(-c2c[nH]n3c(=O)cc(Cc4csc(C)n4)nc23)c1. The quantitative estimate of drug-likeness (QED) is 0.613. The highest BCUT2D eigenvalue weighted by molar-refractivity contribution is 7.09. The molecule has 0 unspecified atom stereocenters. The summed E-state index contributed by atoms with van der Waals surface area (Å²) in [7, 11) is 1.63. The number of H-pyrrole nitrogens is 1. The molecule has 0 radical (unpaired) electrons. The Balaban J connectivity index is 1.82. The highest BCUT2D eigenvalue weighted by Crippen LogP contribution is 2.26. The summed E-state index contributed by atoms with van der Waals surface area (Å²) in [5.41, 5.74) is 3.89. The maximum Gasteiger partial charge on any atom is 0.272 e. The zero-order valence-corrected chi connectivity index (χ0v) is 14.6. The molecule has 0 aliphatic heterocycles. The fourth-order valence-corrected chi connectivity index (χ4v) is 3.41. The molecule has 6 nitrogen and oxygen atoms in total. The molecule has 1 aromatic carbocycles. The van der Waals surface area contributed by atoms with Crippen LogP contribution in [0, 0.1) is 6.92 Å². The number of nitrogens with zero attached hydrogens (tertiary/aromatic N) is 3. The molecule has 4 aromatic rings. The predicted octanol–water partition coefficient (Wildman–Crippen LogP) is 3.05. The van der Waals surface area contributed by atoms with E-state index >= 15 is 0 Å². The first kappa shape index (κ1) is 15.6. The van der Waals surface area contributed by atoms with Crippen molar-refractivity contribution in [1.82, 2.24) is 19.6 Å². The summed E-state index contributed by atoms with van der Waals surface area (Å²) in [5, 5.41) is 5.98. The Labute approximate surface area is 147 Å². The summed E-state index contributed by atoms with van der Waals surface area (Å²) >= 11 is 1.59. The van der Waals surface area contributed by atoms with Gasteiger partial charge in [0.05, 0.1) is 23.5 Å². The first-order valence-corrected chi connectivity index (χ1v) is 8.67. The Kier molecular flexibility index (Phi) is 3.85. The fourth-order valence-electron chi connectivity index (χ4n) is 2.80. The highest BCUT2D eigenvalue weighted by Gasteiger charge is 2.12. The van der Waals surface area contributed by atoms with Crippen LogP contribution in [0.25, 0.3) is 16.8 Å². The molecule has 0 spiro atoms. The van der Waals surface area contributed by atoms with Crippen LogP contribution in [0.1, 0.15) is 16.4 Å². The first-order valence-electron chi connectivity index (χ1n) is 7.79. The molecule has 25 heavy (non-hydrogen) atoms. The van der Waals surface area contributed by atoms with E-state index in [0.717, 1.165) is 27.6 Å². The average Bonchev–Trinajstić information content (AvgIpc) is 3.21. The summed E-state index contributed by atoms with van der Waals surface area (Å²) < 4.78 is 6.74. The number of hydrogen-bond donors (Lipinski definition) is 1. The lowest BCUT2D eigenvalue weighted by atomic mass is 10.1. The number of fused-ring (bicyclic) bond motifs is 1. The number of hydrogen-bond acceptors (Lipinski definition) is 5. The molecule has 0 amide bonds. The van der Waals surface area contributed by atoms with E-state index in [4.69, 9.17) is 4.74 Å². The van der Waals surface area contributed by atoms with Crippen LogP contribution in [-0.2, 0) is 6.42 Å². The van der Waals surface area contributed by atoms with E-state index in [1.165, 1.54) is 4.52 Å². The van der Waals surface area contributed by atoms with Gasteiger partial charge in [-0.3, -0.25) is 9.89 Å². The van der Waals surface area contributed by atoms with E-state index in [2.05, 4.69) is 15.1 Å². The van der Waals surface area contributed by atoms with Gasteiger partial charge >= 0.3 is 0 Å². The van der Waals surface area contributed by atoms with Gasteiger partial charge in [-0.05, 0) is 24.6 Å². The van der Waals surface area contributed by atoms with Gasteiger partial charge in [-0.15, -0.1) is 11.3 Å². The minimum absolute atomic E-state index is 0.138. The molecule has 0 bridgehead atoms.